The molecular weight excluding hydrogens is 464 g/mol. The number of thiocarbonyl (C=S) groups is 1. The number of hydrogen-bond acceptors (Lipinski definition) is 6. The first kappa shape index (κ1) is 23.3. The summed E-state index contributed by atoms with van der Waals surface area (Å²) in [6.45, 7) is 3.68. The molecule has 2 saturated heterocycles. The first-order chi connectivity index (χ1) is 17.6. The quantitative estimate of drug-likeness (QED) is 0.581. The van der Waals surface area contributed by atoms with Gasteiger partial charge < -0.3 is 4.90 Å². The molecule has 3 heterocycles. The molecule has 36 heavy (non-hydrogen) atoms. The Balaban J connectivity index is 1.43. The largest absolute Gasteiger partial charge is 0.308 e. The topological polar surface area (TPSA) is 69.7 Å². The molecule has 6 rings (SSSR count). The number of fused-ring (bicyclic) bond motifs is 2. The molecule has 0 unspecified atom stereocenters. The van der Waals surface area contributed by atoms with E-state index in [4.69, 9.17) is 17.2 Å². The van der Waals surface area contributed by atoms with Crippen molar-refractivity contribution in [1.29, 1.82) is 10.5 Å². The van der Waals surface area contributed by atoms with Gasteiger partial charge in [-0.2, -0.15) is 10.5 Å². The summed E-state index contributed by atoms with van der Waals surface area (Å²) in [6.07, 6.45) is 3.77. The third-order valence-electron chi connectivity index (χ3n) is 8.90. The third-order valence-corrected chi connectivity index (χ3v) is 9.47. The van der Waals surface area contributed by atoms with Gasteiger partial charge in [-0.1, -0.05) is 85.7 Å². The van der Waals surface area contributed by atoms with Gasteiger partial charge in [0.2, 0.25) is 0 Å². The van der Waals surface area contributed by atoms with Crippen LogP contribution in [0.4, 0.5) is 0 Å². The second-order valence-corrected chi connectivity index (χ2v) is 11.2. The van der Waals surface area contributed by atoms with Crippen LogP contribution < -0.4 is 0 Å². The molecule has 2 atom stereocenters. The van der Waals surface area contributed by atoms with Crippen molar-refractivity contribution in [3.63, 3.8) is 0 Å². The lowest BCUT2D eigenvalue weighted by atomic mass is 9.45. The average Bonchev–Trinajstić information content (AvgIpc) is 3.41. The summed E-state index contributed by atoms with van der Waals surface area (Å²) in [5.41, 5.74) is 0.168. The molecule has 0 radical (unpaired) electrons. The van der Waals surface area contributed by atoms with Crippen LogP contribution in [0, 0.1) is 38.9 Å². The van der Waals surface area contributed by atoms with Crippen LogP contribution in [-0.2, 0) is 13.1 Å². The minimum Gasteiger partial charge on any atom is -0.308 e. The van der Waals surface area contributed by atoms with Crippen molar-refractivity contribution in [2.45, 2.75) is 38.8 Å². The Morgan fingerprint density at radius 2 is 1.36 bits per heavy atom. The lowest BCUT2D eigenvalue weighted by Crippen LogP contribution is -2.78. The predicted molar refractivity (Wildman–Crippen MR) is 142 cm³/mol. The maximum atomic E-state index is 11.0. The number of nitriles is 2. The van der Waals surface area contributed by atoms with E-state index in [1.807, 2.05) is 36.4 Å². The molecule has 0 aromatic heterocycles. The predicted octanol–water partition coefficient (Wildman–Crippen LogP) is 4.55. The van der Waals surface area contributed by atoms with E-state index in [-0.39, 0.29) is 0 Å². The fourth-order valence-corrected chi connectivity index (χ4v) is 7.83. The lowest BCUT2D eigenvalue weighted by Gasteiger charge is -2.66. The van der Waals surface area contributed by atoms with Crippen molar-refractivity contribution < 1.29 is 0 Å². The summed E-state index contributed by atoms with van der Waals surface area (Å²) in [5, 5.41) is 21.9. The second-order valence-electron chi connectivity index (χ2n) is 10.8. The van der Waals surface area contributed by atoms with E-state index in [1.165, 1.54) is 11.1 Å². The summed E-state index contributed by atoms with van der Waals surface area (Å²) >= 11 is 6.22. The number of piperidine rings is 2. The van der Waals surface area contributed by atoms with Crippen molar-refractivity contribution >= 4 is 23.0 Å². The highest BCUT2D eigenvalue weighted by atomic mass is 32.1. The van der Waals surface area contributed by atoms with Crippen LogP contribution in [-0.4, -0.2) is 52.0 Å². The molecule has 182 valence electrons. The molecule has 3 aliphatic heterocycles. The van der Waals surface area contributed by atoms with Gasteiger partial charge >= 0.3 is 0 Å². The Morgan fingerprint density at radius 1 is 0.806 bits per heavy atom. The summed E-state index contributed by atoms with van der Waals surface area (Å²) < 4.78 is 0. The summed E-state index contributed by atoms with van der Waals surface area (Å²) in [6, 6.07) is 26.2. The first-order valence-corrected chi connectivity index (χ1v) is 13.2. The van der Waals surface area contributed by atoms with Gasteiger partial charge in [0.15, 0.2) is 0 Å². The van der Waals surface area contributed by atoms with Crippen LogP contribution in [0.3, 0.4) is 0 Å². The number of amidine groups is 1. The van der Waals surface area contributed by atoms with Gasteiger partial charge in [-0.15, -0.1) is 0 Å². The zero-order valence-corrected chi connectivity index (χ0v) is 21.3. The maximum Gasteiger partial charge on any atom is 0.135 e. The van der Waals surface area contributed by atoms with E-state index in [0.29, 0.717) is 38.0 Å². The SMILES string of the molecule is N#C[C@]12CN(Cc3ccccc3)C[C@](C#N)(C3=NCN(Cc4ccccc4)CN3C1=S)C21CCCC1. The minimum atomic E-state index is -0.892. The summed E-state index contributed by atoms with van der Waals surface area (Å²) in [4.78, 5) is 12.3. The highest BCUT2D eigenvalue weighted by Crippen LogP contribution is 2.68. The van der Waals surface area contributed by atoms with Gasteiger partial charge in [-0.3, -0.25) is 14.8 Å². The average molecular weight is 495 g/mol. The minimum absolute atomic E-state index is 0.481. The van der Waals surface area contributed by atoms with Crippen LogP contribution >= 0.6 is 12.2 Å². The zero-order chi connectivity index (χ0) is 24.8. The van der Waals surface area contributed by atoms with Crippen molar-refractivity contribution in [2.75, 3.05) is 26.4 Å². The van der Waals surface area contributed by atoms with Crippen molar-refractivity contribution in [1.82, 2.24) is 14.7 Å². The van der Waals surface area contributed by atoms with E-state index in [9.17, 15) is 10.5 Å². The van der Waals surface area contributed by atoms with Crippen LogP contribution in [0.1, 0.15) is 36.8 Å². The molecule has 2 aromatic rings. The Hall–Kier alpha value is -3.10. The molecule has 6 nitrogen and oxygen atoms in total. The second kappa shape index (κ2) is 8.78. The van der Waals surface area contributed by atoms with Crippen molar-refractivity contribution in [3.8, 4) is 12.1 Å². The molecule has 0 amide bonds. The molecule has 1 saturated carbocycles. The van der Waals surface area contributed by atoms with Crippen LogP contribution in [0.2, 0.25) is 0 Å². The Kier molecular flexibility index (Phi) is 5.68. The standard InChI is InChI=1S/C29H30N6S/c30-17-27-19-33(15-23-9-3-1-4-10-23)20-28(18-31,29(27)13-7-8-14-29)26(36)35-22-34(21-32-25(27)35)16-24-11-5-2-6-12-24/h1-6,9-12H,7-8,13-16,19-22H2/t27-,28+/m1/s1. The van der Waals surface area contributed by atoms with E-state index in [1.54, 1.807) is 0 Å². The highest BCUT2D eigenvalue weighted by molar-refractivity contribution is 7.80. The monoisotopic (exact) mass is 494 g/mol. The maximum absolute atomic E-state index is 11.0. The molecule has 2 aromatic carbocycles. The van der Waals surface area contributed by atoms with Gasteiger partial charge in [0.25, 0.3) is 0 Å². The number of benzene rings is 2. The zero-order valence-electron chi connectivity index (χ0n) is 20.4. The lowest BCUT2D eigenvalue weighted by molar-refractivity contribution is -0.0604. The fourth-order valence-electron chi connectivity index (χ4n) is 7.38. The Morgan fingerprint density at radius 3 is 1.94 bits per heavy atom. The highest BCUT2D eigenvalue weighted by Gasteiger charge is 2.76. The third kappa shape index (κ3) is 3.20. The first-order valence-electron chi connectivity index (χ1n) is 12.8. The molecule has 0 N–H and O–H groups in total. The molecular formula is C29H30N6S. The molecule has 3 fully saturated rings. The molecule has 4 aliphatic rings. The molecule has 1 aliphatic carbocycles. The van der Waals surface area contributed by atoms with E-state index in [0.717, 1.165) is 38.1 Å². The fraction of sp³-hybridized carbons (Fsp3) is 0.448. The van der Waals surface area contributed by atoms with Gasteiger partial charge in [0.05, 0.1) is 25.5 Å². The number of rotatable bonds is 4. The van der Waals surface area contributed by atoms with E-state index >= 15 is 0 Å². The van der Waals surface area contributed by atoms with Gasteiger partial charge in [-0.05, 0) is 24.0 Å². The van der Waals surface area contributed by atoms with Gasteiger partial charge in [0, 0.05) is 31.6 Å². The number of nitrogens with zero attached hydrogens (tertiary/aromatic N) is 6. The smallest absolute Gasteiger partial charge is 0.135 e. The number of likely N-dealkylation sites (tertiary alicyclic amines) is 1. The Labute approximate surface area is 218 Å². The number of aliphatic imine (C=N–C) groups is 1. The van der Waals surface area contributed by atoms with Crippen molar-refractivity contribution in [3.05, 3.63) is 71.8 Å². The number of hydrogen-bond donors (Lipinski definition) is 0. The van der Waals surface area contributed by atoms with Crippen LogP contribution in [0.15, 0.2) is 65.7 Å². The summed E-state index contributed by atoms with van der Waals surface area (Å²) in [7, 11) is 0. The van der Waals surface area contributed by atoms with Crippen LogP contribution in [0.25, 0.3) is 0 Å². The Bertz CT molecular complexity index is 1270. The van der Waals surface area contributed by atoms with Crippen molar-refractivity contribution in [2.24, 2.45) is 21.2 Å². The van der Waals surface area contributed by atoms with E-state index in [2.05, 4.69) is 51.1 Å². The van der Waals surface area contributed by atoms with Gasteiger partial charge in [0.1, 0.15) is 21.7 Å². The summed E-state index contributed by atoms with van der Waals surface area (Å²) in [5.74, 6) is 0.796. The normalized spacial score (nSPS) is 29.3. The van der Waals surface area contributed by atoms with E-state index < -0.39 is 16.2 Å². The molecule has 2 bridgehead atoms. The molecule has 1 spiro atoms. The van der Waals surface area contributed by atoms with Crippen LogP contribution in [0.5, 0.6) is 0 Å². The van der Waals surface area contributed by atoms with Gasteiger partial charge in [-0.25, -0.2) is 0 Å². The molecule has 7 heteroatoms.